The average Bonchev–Trinajstić information content (AvgIpc) is 2.89. The molecule has 0 bridgehead atoms. The Kier molecular flexibility index (Phi) is 5.94. The van der Waals surface area contributed by atoms with Gasteiger partial charge in [0.05, 0.1) is 6.54 Å². The average molecular weight is 253 g/mol. The van der Waals surface area contributed by atoms with Crippen molar-refractivity contribution in [2.45, 2.75) is 51.0 Å². The lowest BCUT2D eigenvalue weighted by atomic mass is 9.95. The van der Waals surface area contributed by atoms with Gasteiger partial charge in [-0.25, -0.2) is 0 Å². The molecule has 2 rings (SSSR count). The van der Waals surface area contributed by atoms with Crippen LogP contribution in [0.1, 0.15) is 44.9 Å². The predicted octanol–water partition coefficient (Wildman–Crippen LogP) is 1.12. The van der Waals surface area contributed by atoms with E-state index in [1.165, 1.54) is 58.0 Å². The van der Waals surface area contributed by atoms with Gasteiger partial charge in [0.2, 0.25) is 5.91 Å². The number of amides is 1. The molecule has 0 spiro atoms. The standard InChI is InChI=1S/C14H27N3O/c18-14(16-13-6-2-1-3-7-13)12-15-8-11-17-9-4-5-10-17/h13,15H,1-12H2,(H,16,18). The number of hydrogen-bond donors (Lipinski definition) is 2. The summed E-state index contributed by atoms with van der Waals surface area (Å²) in [6.07, 6.45) is 8.88. The number of carbonyl (C=O) groups excluding carboxylic acids is 1. The molecule has 0 unspecified atom stereocenters. The first-order valence-electron chi connectivity index (χ1n) is 7.57. The van der Waals surface area contributed by atoms with Crippen LogP contribution in [0.25, 0.3) is 0 Å². The van der Waals surface area contributed by atoms with Gasteiger partial charge in [-0.05, 0) is 38.8 Å². The molecule has 4 heteroatoms. The van der Waals surface area contributed by atoms with Crippen LogP contribution in [0.5, 0.6) is 0 Å². The topological polar surface area (TPSA) is 44.4 Å². The molecule has 2 fully saturated rings. The normalized spacial score (nSPS) is 22.2. The van der Waals surface area contributed by atoms with Crippen LogP contribution in [0.4, 0.5) is 0 Å². The molecule has 0 aromatic rings. The zero-order chi connectivity index (χ0) is 12.6. The molecule has 2 N–H and O–H groups in total. The Hall–Kier alpha value is -0.610. The van der Waals surface area contributed by atoms with Crippen molar-refractivity contribution in [2.75, 3.05) is 32.7 Å². The van der Waals surface area contributed by atoms with Crippen LogP contribution in [-0.4, -0.2) is 49.6 Å². The number of nitrogens with zero attached hydrogens (tertiary/aromatic N) is 1. The van der Waals surface area contributed by atoms with Gasteiger partial charge in [0.15, 0.2) is 0 Å². The van der Waals surface area contributed by atoms with Crippen molar-refractivity contribution in [1.82, 2.24) is 15.5 Å². The monoisotopic (exact) mass is 253 g/mol. The van der Waals surface area contributed by atoms with Crippen LogP contribution >= 0.6 is 0 Å². The van der Waals surface area contributed by atoms with Gasteiger partial charge in [-0.2, -0.15) is 0 Å². The summed E-state index contributed by atoms with van der Waals surface area (Å²) in [5.74, 6) is 0.170. The van der Waals surface area contributed by atoms with Crippen molar-refractivity contribution in [1.29, 1.82) is 0 Å². The van der Waals surface area contributed by atoms with Gasteiger partial charge in [-0.3, -0.25) is 4.79 Å². The van der Waals surface area contributed by atoms with Crippen molar-refractivity contribution < 1.29 is 4.79 Å². The minimum absolute atomic E-state index is 0.170. The highest BCUT2D eigenvalue weighted by Crippen LogP contribution is 2.17. The number of carbonyl (C=O) groups is 1. The van der Waals surface area contributed by atoms with Crippen LogP contribution in [0.15, 0.2) is 0 Å². The van der Waals surface area contributed by atoms with Gasteiger partial charge in [0.1, 0.15) is 0 Å². The Morgan fingerprint density at radius 2 is 1.78 bits per heavy atom. The summed E-state index contributed by atoms with van der Waals surface area (Å²) in [5, 5.41) is 6.38. The van der Waals surface area contributed by atoms with Crippen LogP contribution < -0.4 is 10.6 Å². The second kappa shape index (κ2) is 7.74. The van der Waals surface area contributed by atoms with Gasteiger partial charge in [0, 0.05) is 19.1 Å². The molecule has 0 radical (unpaired) electrons. The molecular weight excluding hydrogens is 226 g/mol. The van der Waals surface area contributed by atoms with E-state index in [0.29, 0.717) is 12.6 Å². The summed E-state index contributed by atoms with van der Waals surface area (Å²) in [7, 11) is 0. The van der Waals surface area contributed by atoms with Crippen molar-refractivity contribution in [2.24, 2.45) is 0 Å². The minimum Gasteiger partial charge on any atom is -0.352 e. The summed E-state index contributed by atoms with van der Waals surface area (Å²) in [4.78, 5) is 14.2. The molecule has 1 saturated carbocycles. The van der Waals surface area contributed by atoms with E-state index in [0.717, 1.165) is 13.1 Å². The van der Waals surface area contributed by atoms with Crippen molar-refractivity contribution in [3.05, 3.63) is 0 Å². The van der Waals surface area contributed by atoms with Gasteiger partial charge in [0.25, 0.3) is 0 Å². The Balaban J connectivity index is 1.48. The van der Waals surface area contributed by atoms with Crippen molar-refractivity contribution in [3.63, 3.8) is 0 Å². The molecule has 4 nitrogen and oxygen atoms in total. The molecule has 1 aliphatic heterocycles. The molecule has 0 atom stereocenters. The summed E-state index contributed by atoms with van der Waals surface area (Å²) in [5.41, 5.74) is 0. The second-order valence-corrected chi connectivity index (χ2v) is 5.63. The third-order valence-electron chi connectivity index (χ3n) is 4.06. The Bertz CT molecular complexity index is 245. The maximum Gasteiger partial charge on any atom is 0.234 e. The maximum atomic E-state index is 11.7. The zero-order valence-electron chi connectivity index (χ0n) is 11.4. The van der Waals surface area contributed by atoms with E-state index < -0.39 is 0 Å². The maximum absolute atomic E-state index is 11.7. The van der Waals surface area contributed by atoms with E-state index in [1.807, 2.05) is 0 Å². The molecule has 1 heterocycles. The molecule has 1 saturated heterocycles. The first kappa shape index (κ1) is 13.8. The number of likely N-dealkylation sites (tertiary alicyclic amines) is 1. The summed E-state index contributed by atoms with van der Waals surface area (Å²) in [6.45, 7) is 4.95. The fraction of sp³-hybridized carbons (Fsp3) is 0.929. The highest BCUT2D eigenvalue weighted by atomic mass is 16.1. The number of rotatable bonds is 6. The molecule has 1 aliphatic carbocycles. The zero-order valence-corrected chi connectivity index (χ0v) is 11.4. The first-order valence-corrected chi connectivity index (χ1v) is 7.57. The third kappa shape index (κ3) is 4.94. The van der Waals surface area contributed by atoms with E-state index in [2.05, 4.69) is 15.5 Å². The fourth-order valence-corrected chi connectivity index (χ4v) is 2.97. The van der Waals surface area contributed by atoms with Crippen molar-refractivity contribution in [3.8, 4) is 0 Å². The molecule has 1 amide bonds. The molecule has 104 valence electrons. The van der Waals surface area contributed by atoms with Crippen LogP contribution in [0.2, 0.25) is 0 Å². The van der Waals surface area contributed by atoms with Crippen LogP contribution in [0.3, 0.4) is 0 Å². The van der Waals surface area contributed by atoms with Crippen LogP contribution in [0, 0.1) is 0 Å². The lowest BCUT2D eigenvalue weighted by molar-refractivity contribution is -0.121. The Morgan fingerprint density at radius 3 is 2.50 bits per heavy atom. The Labute approximate surface area is 110 Å². The molecular formula is C14H27N3O. The SMILES string of the molecule is O=C(CNCCN1CCCC1)NC1CCCCC1. The van der Waals surface area contributed by atoms with E-state index in [4.69, 9.17) is 0 Å². The lowest BCUT2D eigenvalue weighted by Gasteiger charge is -2.23. The molecule has 0 aromatic carbocycles. The summed E-state index contributed by atoms with van der Waals surface area (Å²) >= 11 is 0. The highest BCUT2D eigenvalue weighted by Gasteiger charge is 2.15. The molecule has 18 heavy (non-hydrogen) atoms. The van der Waals surface area contributed by atoms with Gasteiger partial charge < -0.3 is 15.5 Å². The molecule has 0 aromatic heterocycles. The quantitative estimate of drug-likeness (QED) is 0.697. The largest absolute Gasteiger partial charge is 0.352 e. The van der Waals surface area contributed by atoms with E-state index in [-0.39, 0.29) is 5.91 Å². The minimum atomic E-state index is 0.170. The Morgan fingerprint density at radius 1 is 1.06 bits per heavy atom. The second-order valence-electron chi connectivity index (χ2n) is 5.63. The number of nitrogens with one attached hydrogen (secondary N) is 2. The van der Waals surface area contributed by atoms with E-state index >= 15 is 0 Å². The highest BCUT2D eigenvalue weighted by molar-refractivity contribution is 5.78. The van der Waals surface area contributed by atoms with Crippen molar-refractivity contribution >= 4 is 5.91 Å². The first-order chi connectivity index (χ1) is 8.84. The van der Waals surface area contributed by atoms with E-state index in [9.17, 15) is 4.79 Å². The van der Waals surface area contributed by atoms with Gasteiger partial charge in [-0.1, -0.05) is 19.3 Å². The van der Waals surface area contributed by atoms with Gasteiger partial charge in [-0.15, -0.1) is 0 Å². The predicted molar refractivity (Wildman–Crippen MR) is 73.6 cm³/mol. The summed E-state index contributed by atoms with van der Waals surface area (Å²) in [6, 6.07) is 0.437. The number of hydrogen-bond acceptors (Lipinski definition) is 3. The summed E-state index contributed by atoms with van der Waals surface area (Å²) < 4.78 is 0. The fourth-order valence-electron chi connectivity index (χ4n) is 2.97. The smallest absolute Gasteiger partial charge is 0.234 e. The molecule has 2 aliphatic rings. The van der Waals surface area contributed by atoms with Crippen LogP contribution in [-0.2, 0) is 4.79 Å². The van der Waals surface area contributed by atoms with Gasteiger partial charge >= 0.3 is 0 Å². The van der Waals surface area contributed by atoms with E-state index in [1.54, 1.807) is 0 Å². The third-order valence-corrected chi connectivity index (χ3v) is 4.06. The lowest BCUT2D eigenvalue weighted by Crippen LogP contribution is -2.42.